The van der Waals surface area contributed by atoms with Gasteiger partial charge in [-0.1, -0.05) is 140 Å². The maximum Gasteiger partial charge on any atom is 0.238 e. The number of hydrogen-bond acceptors (Lipinski definition) is 3. The summed E-state index contributed by atoms with van der Waals surface area (Å²) >= 11 is 0. The summed E-state index contributed by atoms with van der Waals surface area (Å²) in [6.45, 7) is 0. The highest BCUT2D eigenvalue weighted by Crippen LogP contribution is 2.43. The zero-order valence-corrected chi connectivity index (χ0v) is 30.7. The molecule has 266 valence electrons. The fraction of sp³-hybridized carbons (Fsp3) is 0. The zero-order chi connectivity index (χ0) is 37.5. The number of aromatic nitrogens is 6. The molecule has 0 radical (unpaired) electrons. The van der Waals surface area contributed by atoms with Crippen LogP contribution in [0.4, 0.5) is 0 Å². The van der Waals surface area contributed by atoms with Gasteiger partial charge >= 0.3 is 0 Å². The van der Waals surface area contributed by atoms with Crippen molar-refractivity contribution in [3.63, 3.8) is 0 Å². The van der Waals surface area contributed by atoms with Crippen molar-refractivity contribution >= 4 is 65.4 Å². The van der Waals surface area contributed by atoms with E-state index < -0.39 is 0 Å². The van der Waals surface area contributed by atoms with Crippen LogP contribution in [0.3, 0.4) is 0 Å². The van der Waals surface area contributed by atoms with Gasteiger partial charge in [0.2, 0.25) is 5.95 Å². The van der Waals surface area contributed by atoms with Crippen LogP contribution in [0.25, 0.3) is 106 Å². The summed E-state index contributed by atoms with van der Waals surface area (Å²) in [7, 11) is 0. The molecule has 12 rings (SSSR count). The molecule has 0 aliphatic carbocycles. The predicted octanol–water partition coefficient (Wildman–Crippen LogP) is 12.5. The van der Waals surface area contributed by atoms with E-state index in [0.29, 0.717) is 17.6 Å². The maximum absolute atomic E-state index is 5.50. The van der Waals surface area contributed by atoms with Crippen molar-refractivity contribution in [2.75, 3.05) is 0 Å². The van der Waals surface area contributed by atoms with E-state index in [0.717, 1.165) is 77.1 Å². The molecule has 0 atom stereocenters. The molecule has 6 nitrogen and oxygen atoms in total. The van der Waals surface area contributed by atoms with Crippen LogP contribution >= 0.6 is 0 Å². The van der Waals surface area contributed by atoms with Crippen molar-refractivity contribution in [3.8, 4) is 40.1 Å². The normalized spacial score (nSPS) is 11.9. The van der Waals surface area contributed by atoms with Crippen LogP contribution in [0.5, 0.6) is 0 Å². The molecular weight excluding hydrogens is 697 g/mol. The SMILES string of the molecule is c1ccc(-c2nc(-c3cccc4c5ccccc5n(-c5ccccc5)c34)nc(-n3c4ccccc4c4ccc5c(c6ccccc6n5-c5ccccc5)c43)n2)cc1. The standard InChI is InChI=1S/C51H32N6/c1-4-17-33(18-5-1)49-52-50(41-27-16-26-38-36-23-10-13-28-42(36)56(47(38)41)35-21-8-3-9-22-35)54-51(53-49)57-43-29-14-11-24-37(43)39-31-32-45-46(48(39)57)40-25-12-15-30-44(40)55(45)34-19-6-2-7-20-34/h1-32H. The number of benzene rings is 8. The molecule has 4 heterocycles. The minimum Gasteiger partial charge on any atom is -0.309 e. The second-order valence-corrected chi connectivity index (χ2v) is 14.4. The number of hydrogen-bond donors (Lipinski definition) is 0. The molecule has 0 saturated heterocycles. The first-order chi connectivity index (χ1) is 28.3. The second-order valence-electron chi connectivity index (χ2n) is 14.4. The van der Waals surface area contributed by atoms with Crippen molar-refractivity contribution in [2.45, 2.75) is 0 Å². The first-order valence-electron chi connectivity index (χ1n) is 19.2. The number of fused-ring (bicyclic) bond motifs is 10. The first kappa shape index (κ1) is 31.5. The molecule has 0 N–H and O–H groups in total. The molecule has 0 aliphatic rings. The van der Waals surface area contributed by atoms with Crippen LogP contribution in [-0.2, 0) is 0 Å². The topological polar surface area (TPSA) is 53.5 Å². The monoisotopic (exact) mass is 728 g/mol. The quantitative estimate of drug-likeness (QED) is 0.177. The van der Waals surface area contributed by atoms with Gasteiger partial charge in [0.1, 0.15) is 0 Å². The molecule has 0 amide bonds. The van der Waals surface area contributed by atoms with Crippen molar-refractivity contribution in [2.24, 2.45) is 0 Å². The lowest BCUT2D eigenvalue weighted by atomic mass is 10.1. The maximum atomic E-state index is 5.50. The molecular formula is C51H32N6. The number of rotatable bonds is 5. The molecule has 4 aromatic heterocycles. The summed E-state index contributed by atoms with van der Waals surface area (Å²) in [5, 5.41) is 6.92. The van der Waals surface area contributed by atoms with Gasteiger partial charge in [0.25, 0.3) is 0 Å². The molecule has 0 unspecified atom stereocenters. The number of nitrogens with zero attached hydrogens (tertiary/aromatic N) is 6. The van der Waals surface area contributed by atoms with Crippen LogP contribution in [0, 0.1) is 0 Å². The molecule has 0 bridgehead atoms. The van der Waals surface area contributed by atoms with Crippen molar-refractivity contribution in [1.82, 2.24) is 28.7 Å². The molecule has 57 heavy (non-hydrogen) atoms. The highest BCUT2D eigenvalue weighted by Gasteiger charge is 2.24. The predicted molar refractivity (Wildman–Crippen MR) is 234 cm³/mol. The lowest BCUT2D eigenvalue weighted by Crippen LogP contribution is -2.07. The smallest absolute Gasteiger partial charge is 0.238 e. The third-order valence-corrected chi connectivity index (χ3v) is 11.3. The molecule has 0 aliphatic heterocycles. The molecule has 0 saturated carbocycles. The Morgan fingerprint density at radius 1 is 0.298 bits per heavy atom. The van der Waals surface area contributed by atoms with Gasteiger partial charge < -0.3 is 9.13 Å². The summed E-state index contributed by atoms with van der Waals surface area (Å²) in [6, 6.07) is 68.3. The minimum absolute atomic E-state index is 0.563. The van der Waals surface area contributed by atoms with Gasteiger partial charge in [0.15, 0.2) is 11.6 Å². The number of para-hydroxylation sites is 6. The average Bonchev–Trinajstić information content (AvgIpc) is 3.93. The Bertz CT molecular complexity index is 3510. The molecule has 6 heteroatoms. The summed E-state index contributed by atoms with van der Waals surface area (Å²) < 4.78 is 6.97. The highest BCUT2D eigenvalue weighted by atomic mass is 15.2. The lowest BCUT2D eigenvalue weighted by molar-refractivity contribution is 0.955. The molecule has 12 aromatic rings. The third kappa shape index (κ3) is 4.68. The van der Waals surface area contributed by atoms with Crippen LogP contribution in [0.15, 0.2) is 194 Å². The Hall–Kier alpha value is -7.83. The second kappa shape index (κ2) is 12.3. The van der Waals surface area contributed by atoms with Gasteiger partial charge in [-0.3, -0.25) is 4.57 Å². The lowest BCUT2D eigenvalue weighted by Gasteiger charge is -2.14. The van der Waals surface area contributed by atoms with Crippen molar-refractivity contribution in [3.05, 3.63) is 194 Å². The summed E-state index contributed by atoms with van der Waals surface area (Å²) in [5.74, 6) is 1.78. The van der Waals surface area contributed by atoms with Crippen LogP contribution < -0.4 is 0 Å². The zero-order valence-electron chi connectivity index (χ0n) is 30.7. The molecule has 0 fully saturated rings. The van der Waals surface area contributed by atoms with E-state index in [1.807, 2.05) is 18.2 Å². The molecule has 0 spiro atoms. The van der Waals surface area contributed by atoms with Gasteiger partial charge in [-0.15, -0.1) is 0 Å². The fourth-order valence-electron chi connectivity index (χ4n) is 8.92. The average molecular weight is 729 g/mol. The summed E-state index contributed by atoms with van der Waals surface area (Å²) in [6.07, 6.45) is 0. The van der Waals surface area contributed by atoms with Gasteiger partial charge in [-0.05, 0) is 54.6 Å². The van der Waals surface area contributed by atoms with Gasteiger partial charge in [-0.25, -0.2) is 4.98 Å². The molecule has 8 aromatic carbocycles. The largest absolute Gasteiger partial charge is 0.309 e. The van der Waals surface area contributed by atoms with E-state index in [1.165, 1.54) is 10.8 Å². The first-order valence-corrected chi connectivity index (χ1v) is 19.2. The van der Waals surface area contributed by atoms with E-state index >= 15 is 0 Å². The van der Waals surface area contributed by atoms with E-state index in [9.17, 15) is 0 Å². The van der Waals surface area contributed by atoms with Crippen LogP contribution in [0.2, 0.25) is 0 Å². The minimum atomic E-state index is 0.563. The van der Waals surface area contributed by atoms with E-state index in [-0.39, 0.29) is 0 Å². The van der Waals surface area contributed by atoms with Crippen molar-refractivity contribution < 1.29 is 0 Å². The Morgan fingerprint density at radius 3 is 1.49 bits per heavy atom. The van der Waals surface area contributed by atoms with Crippen LogP contribution in [0.1, 0.15) is 0 Å². The Kier molecular flexibility index (Phi) is 6.83. The van der Waals surface area contributed by atoms with Gasteiger partial charge in [0, 0.05) is 54.8 Å². The summed E-state index contributed by atoms with van der Waals surface area (Å²) in [4.78, 5) is 16.2. The van der Waals surface area contributed by atoms with Crippen molar-refractivity contribution in [1.29, 1.82) is 0 Å². The Morgan fingerprint density at radius 2 is 0.807 bits per heavy atom. The Labute approximate surface area is 327 Å². The highest BCUT2D eigenvalue weighted by molar-refractivity contribution is 6.26. The van der Waals surface area contributed by atoms with E-state index in [2.05, 4.69) is 190 Å². The summed E-state index contributed by atoms with van der Waals surface area (Å²) in [5.41, 5.74) is 10.6. The van der Waals surface area contributed by atoms with E-state index in [1.54, 1.807) is 0 Å². The van der Waals surface area contributed by atoms with E-state index in [4.69, 9.17) is 15.0 Å². The van der Waals surface area contributed by atoms with Crippen LogP contribution in [-0.4, -0.2) is 28.7 Å². The van der Waals surface area contributed by atoms with Gasteiger partial charge in [0.05, 0.1) is 33.1 Å². The third-order valence-electron chi connectivity index (χ3n) is 11.3. The fourth-order valence-corrected chi connectivity index (χ4v) is 8.92. The Balaban J connectivity index is 1.23. The van der Waals surface area contributed by atoms with Gasteiger partial charge in [-0.2, -0.15) is 9.97 Å².